The third-order valence-corrected chi connectivity index (χ3v) is 5.22. The Hall–Kier alpha value is -1.60. The Morgan fingerprint density at radius 1 is 1.24 bits per heavy atom. The summed E-state index contributed by atoms with van der Waals surface area (Å²) in [6.45, 7) is 3.69. The number of nitrogens with zero attached hydrogens (tertiary/aromatic N) is 2. The molecule has 0 heterocycles. The summed E-state index contributed by atoms with van der Waals surface area (Å²) in [6, 6.07) is 4.70. The van der Waals surface area contributed by atoms with Crippen LogP contribution in [0, 0.1) is 0 Å². The fraction of sp³-hybridized carbons (Fsp3) is 0.500. The van der Waals surface area contributed by atoms with E-state index in [-0.39, 0.29) is 23.9 Å². The van der Waals surface area contributed by atoms with Gasteiger partial charge in [-0.3, -0.25) is 4.79 Å². The van der Waals surface area contributed by atoms with Crippen LogP contribution in [0.2, 0.25) is 0 Å². The molecule has 0 fully saturated rings. The molecule has 21 heavy (non-hydrogen) atoms. The second-order valence-corrected chi connectivity index (χ2v) is 6.87. The Kier molecular flexibility index (Phi) is 5.74. The van der Waals surface area contributed by atoms with Crippen molar-refractivity contribution in [3.8, 4) is 0 Å². The van der Waals surface area contributed by atoms with Crippen LogP contribution in [0.4, 0.5) is 5.69 Å². The monoisotopic (exact) mass is 313 g/mol. The highest BCUT2D eigenvalue weighted by molar-refractivity contribution is 7.89. The topological polar surface area (TPSA) is 83.7 Å². The van der Waals surface area contributed by atoms with Gasteiger partial charge in [-0.15, -0.1) is 0 Å². The van der Waals surface area contributed by atoms with Gasteiger partial charge in [0.1, 0.15) is 0 Å². The molecule has 118 valence electrons. The summed E-state index contributed by atoms with van der Waals surface area (Å²) in [5.41, 5.74) is 7.22. The molecule has 2 N–H and O–H groups in total. The number of hydrogen-bond donors (Lipinski definition) is 1. The lowest BCUT2D eigenvalue weighted by atomic mass is 10.1. The zero-order chi connectivity index (χ0) is 16.2. The summed E-state index contributed by atoms with van der Waals surface area (Å²) in [5.74, 6) is -0.265. The van der Waals surface area contributed by atoms with Crippen molar-refractivity contribution in [2.24, 2.45) is 0 Å². The van der Waals surface area contributed by atoms with Gasteiger partial charge in [0, 0.05) is 26.3 Å². The molecule has 0 aliphatic carbocycles. The lowest BCUT2D eigenvalue weighted by Gasteiger charge is -2.22. The van der Waals surface area contributed by atoms with Crippen LogP contribution in [0.5, 0.6) is 0 Å². The van der Waals surface area contributed by atoms with E-state index in [9.17, 15) is 13.2 Å². The van der Waals surface area contributed by atoms with Crippen LogP contribution in [0.1, 0.15) is 19.4 Å². The Morgan fingerprint density at radius 3 is 2.29 bits per heavy atom. The lowest BCUT2D eigenvalue weighted by Crippen LogP contribution is -2.40. The van der Waals surface area contributed by atoms with Crippen LogP contribution in [0.3, 0.4) is 0 Å². The van der Waals surface area contributed by atoms with Crippen molar-refractivity contribution in [1.82, 2.24) is 9.21 Å². The van der Waals surface area contributed by atoms with Crippen molar-refractivity contribution in [3.63, 3.8) is 0 Å². The predicted octanol–water partition coefficient (Wildman–Crippen LogP) is 0.930. The van der Waals surface area contributed by atoms with Crippen molar-refractivity contribution in [3.05, 3.63) is 23.8 Å². The van der Waals surface area contributed by atoms with Gasteiger partial charge in [-0.05, 0) is 24.1 Å². The molecule has 1 rings (SSSR count). The first-order chi connectivity index (χ1) is 9.73. The molecule has 0 aromatic heterocycles. The van der Waals surface area contributed by atoms with Crippen molar-refractivity contribution in [2.75, 3.05) is 32.9 Å². The number of aryl methyl sites for hydroxylation is 1. The Labute approximate surface area is 126 Å². The lowest BCUT2D eigenvalue weighted by molar-refractivity contribution is -0.128. The number of anilines is 1. The normalized spacial score (nSPS) is 11.7. The minimum Gasteiger partial charge on any atom is -0.398 e. The van der Waals surface area contributed by atoms with E-state index in [0.717, 1.165) is 16.3 Å². The maximum absolute atomic E-state index is 12.6. The zero-order valence-corrected chi connectivity index (χ0v) is 13.8. The molecule has 0 aliphatic heterocycles. The molecule has 0 bridgehead atoms. The summed E-state index contributed by atoms with van der Waals surface area (Å²) in [4.78, 5) is 13.2. The van der Waals surface area contributed by atoms with Gasteiger partial charge in [0.15, 0.2) is 0 Å². The van der Waals surface area contributed by atoms with Crippen LogP contribution < -0.4 is 5.73 Å². The van der Waals surface area contributed by atoms with E-state index in [1.807, 2.05) is 6.92 Å². The Morgan fingerprint density at radius 2 is 1.86 bits per heavy atom. The molecular weight excluding hydrogens is 290 g/mol. The fourth-order valence-electron chi connectivity index (χ4n) is 1.86. The third-order valence-electron chi connectivity index (χ3n) is 3.30. The van der Waals surface area contributed by atoms with Gasteiger partial charge in [-0.1, -0.05) is 19.9 Å². The van der Waals surface area contributed by atoms with E-state index in [4.69, 9.17) is 5.73 Å². The van der Waals surface area contributed by atoms with Crippen LogP contribution in [-0.2, 0) is 21.2 Å². The maximum atomic E-state index is 12.6. The van der Waals surface area contributed by atoms with E-state index in [0.29, 0.717) is 5.69 Å². The Bertz CT molecular complexity index is 612. The quantitative estimate of drug-likeness (QED) is 0.792. The number of likely N-dealkylation sites (N-methyl/N-ethyl adjacent to an activating group) is 2. The Balaban J connectivity index is 3.13. The number of rotatable bonds is 6. The first-order valence-corrected chi connectivity index (χ1v) is 8.26. The smallest absolute Gasteiger partial charge is 0.243 e. The third kappa shape index (κ3) is 3.95. The first-order valence-electron chi connectivity index (χ1n) is 6.82. The van der Waals surface area contributed by atoms with Crippen LogP contribution in [0.25, 0.3) is 0 Å². The molecule has 6 nitrogen and oxygen atoms in total. The predicted molar refractivity (Wildman–Crippen MR) is 83.4 cm³/mol. The summed E-state index contributed by atoms with van der Waals surface area (Å²) in [7, 11) is -0.533. The van der Waals surface area contributed by atoms with Crippen molar-refractivity contribution in [1.29, 1.82) is 0 Å². The average Bonchev–Trinajstić information content (AvgIpc) is 2.43. The highest BCUT2D eigenvalue weighted by Crippen LogP contribution is 2.21. The van der Waals surface area contributed by atoms with E-state index < -0.39 is 10.0 Å². The zero-order valence-electron chi connectivity index (χ0n) is 13.0. The molecule has 7 heteroatoms. The fourth-order valence-corrected chi connectivity index (χ4v) is 3.30. The number of carbonyl (C=O) groups excluding carboxylic acids is 1. The summed E-state index contributed by atoms with van der Waals surface area (Å²) < 4.78 is 26.3. The minimum atomic E-state index is -3.72. The molecular formula is C14H23N3O3S. The van der Waals surface area contributed by atoms with Crippen molar-refractivity contribution in [2.45, 2.75) is 25.2 Å². The second-order valence-electron chi connectivity index (χ2n) is 4.93. The molecule has 0 saturated carbocycles. The molecule has 0 atom stereocenters. The molecule has 1 aromatic carbocycles. The van der Waals surface area contributed by atoms with E-state index in [2.05, 4.69) is 0 Å². The van der Waals surface area contributed by atoms with E-state index in [1.165, 1.54) is 17.0 Å². The number of nitrogens with two attached hydrogens (primary N) is 1. The van der Waals surface area contributed by atoms with Crippen LogP contribution in [-0.4, -0.2) is 50.7 Å². The van der Waals surface area contributed by atoms with Gasteiger partial charge >= 0.3 is 0 Å². The molecule has 0 aliphatic rings. The van der Waals surface area contributed by atoms with Gasteiger partial charge in [0.05, 0.1) is 11.4 Å². The highest BCUT2D eigenvalue weighted by atomic mass is 32.2. The number of amides is 1. The molecule has 0 unspecified atom stereocenters. The van der Waals surface area contributed by atoms with Crippen molar-refractivity contribution < 1.29 is 13.2 Å². The second kappa shape index (κ2) is 6.91. The largest absolute Gasteiger partial charge is 0.398 e. The number of benzene rings is 1. The van der Waals surface area contributed by atoms with Crippen molar-refractivity contribution >= 4 is 21.6 Å². The SMILES string of the molecule is CCc1ccc(S(=O)(=O)N(CC)CC(=O)N(C)C)cc1N. The van der Waals surface area contributed by atoms with Crippen LogP contribution >= 0.6 is 0 Å². The van der Waals surface area contributed by atoms with Gasteiger partial charge < -0.3 is 10.6 Å². The standard InChI is InChI=1S/C14H23N3O3S/c1-5-11-7-8-12(9-13(11)15)21(19,20)17(6-2)10-14(18)16(3)4/h7-9H,5-6,10,15H2,1-4H3. The maximum Gasteiger partial charge on any atom is 0.243 e. The summed E-state index contributed by atoms with van der Waals surface area (Å²) in [5, 5.41) is 0. The molecule has 1 amide bonds. The van der Waals surface area contributed by atoms with Crippen LogP contribution in [0.15, 0.2) is 23.1 Å². The molecule has 1 aromatic rings. The van der Waals surface area contributed by atoms with Gasteiger partial charge in [-0.25, -0.2) is 8.42 Å². The number of hydrogen-bond acceptors (Lipinski definition) is 4. The van der Waals surface area contributed by atoms with Gasteiger partial charge in [0.25, 0.3) is 0 Å². The number of carbonyl (C=O) groups is 1. The van der Waals surface area contributed by atoms with Gasteiger partial charge in [0.2, 0.25) is 15.9 Å². The molecule has 0 saturated heterocycles. The number of sulfonamides is 1. The van der Waals surface area contributed by atoms with E-state index >= 15 is 0 Å². The molecule has 0 radical (unpaired) electrons. The highest BCUT2D eigenvalue weighted by Gasteiger charge is 2.26. The average molecular weight is 313 g/mol. The summed E-state index contributed by atoms with van der Waals surface area (Å²) >= 11 is 0. The minimum absolute atomic E-state index is 0.116. The van der Waals surface area contributed by atoms with Gasteiger partial charge in [-0.2, -0.15) is 4.31 Å². The molecule has 0 spiro atoms. The summed E-state index contributed by atoms with van der Waals surface area (Å²) in [6.07, 6.45) is 0.739. The first kappa shape index (κ1) is 17.5. The van der Waals surface area contributed by atoms with E-state index in [1.54, 1.807) is 27.1 Å². The number of nitrogen functional groups attached to an aromatic ring is 1.